The van der Waals surface area contributed by atoms with Crippen molar-refractivity contribution in [1.29, 1.82) is 0 Å². The molecule has 2 aliphatic rings. The van der Waals surface area contributed by atoms with Gasteiger partial charge in [0.1, 0.15) is 0 Å². The third kappa shape index (κ3) is 1.20. The van der Waals surface area contributed by atoms with Crippen LogP contribution in [0.3, 0.4) is 0 Å². The van der Waals surface area contributed by atoms with E-state index in [9.17, 15) is 4.79 Å². The van der Waals surface area contributed by atoms with Crippen LogP contribution in [0.4, 0.5) is 0 Å². The lowest BCUT2D eigenvalue weighted by molar-refractivity contribution is -0.0306. The summed E-state index contributed by atoms with van der Waals surface area (Å²) in [5.41, 5.74) is 1.51. The number of aromatic nitrogens is 2. The van der Waals surface area contributed by atoms with E-state index in [1.165, 1.54) is 6.20 Å². The molecule has 94 valence electrons. The molecule has 0 bridgehead atoms. The standard InChI is InChI=1S/C14H11N3O2/c18-13-11-8-15-16-9-12(11)14(17(13)6-7-19-14)10-4-2-1-3-5-10/h1-5,8-9H,6-7H2/t14-/m1/s1. The lowest BCUT2D eigenvalue weighted by atomic mass is 9.96. The van der Waals surface area contributed by atoms with Gasteiger partial charge < -0.3 is 4.74 Å². The number of benzene rings is 1. The fourth-order valence-corrected chi connectivity index (χ4v) is 2.95. The average Bonchev–Trinajstić information content (AvgIpc) is 3.01. The Labute approximate surface area is 109 Å². The monoisotopic (exact) mass is 253 g/mol. The van der Waals surface area contributed by atoms with Crippen molar-refractivity contribution in [2.24, 2.45) is 0 Å². The molecule has 0 saturated carbocycles. The Balaban J connectivity index is 2.02. The van der Waals surface area contributed by atoms with Crippen LogP contribution in [0.1, 0.15) is 21.5 Å². The van der Waals surface area contributed by atoms with Crippen LogP contribution in [0.2, 0.25) is 0 Å². The van der Waals surface area contributed by atoms with Crippen LogP contribution in [-0.2, 0) is 10.5 Å². The molecule has 3 heterocycles. The maximum atomic E-state index is 12.4. The van der Waals surface area contributed by atoms with Gasteiger partial charge >= 0.3 is 0 Å². The molecule has 4 rings (SSSR count). The summed E-state index contributed by atoms with van der Waals surface area (Å²) in [4.78, 5) is 14.2. The smallest absolute Gasteiger partial charge is 0.258 e. The van der Waals surface area contributed by atoms with Crippen molar-refractivity contribution in [2.75, 3.05) is 13.2 Å². The fourth-order valence-electron chi connectivity index (χ4n) is 2.95. The van der Waals surface area contributed by atoms with E-state index in [2.05, 4.69) is 10.2 Å². The van der Waals surface area contributed by atoms with Crippen molar-refractivity contribution in [3.8, 4) is 0 Å². The maximum Gasteiger partial charge on any atom is 0.258 e. The highest BCUT2D eigenvalue weighted by Gasteiger charge is 2.55. The number of ether oxygens (including phenoxy) is 1. The van der Waals surface area contributed by atoms with Gasteiger partial charge in [-0.25, -0.2) is 0 Å². The van der Waals surface area contributed by atoms with Crippen LogP contribution in [-0.4, -0.2) is 34.2 Å². The SMILES string of the molecule is O=C1c2cnncc2[C@@]2(c3ccccc3)OCCN12. The summed E-state index contributed by atoms with van der Waals surface area (Å²) in [6.45, 7) is 1.12. The molecule has 1 fully saturated rings. The van der Waals surface area contributed by atoms with Crippen molar-refractivity contribution < 1.29 is 9.53 Å². The molecule has 5 nitrogen and oxygen atoms in total. The fraction of sp³-hybridized carbons (Fsp3) is 0.214. The molecule has 19 heavy (non-hydrogen) atoms. The van der Waals surface area contributed by atoms with E-state index < -0.39 is 5.72 Å². The van der Waals surface area contributed by atoms with Crippen LogP contribution in [0, 0.1) is 0 Å². The first-order chi connectivity index (χ1) is 9.34. The molecule has 5 heteroatoms. The predicted molar refractivity (Wildman–Crippen MR) is 66.2 cm³/mol. The molecule has 2 aliphatic heterocycles. The Bertz CT molecular complexity index is 659. The zero-order valence-corrected chi connectivity index (χ0v) is 10.1. The van der Waals surface area contributed by atoms with Gasteiger partial charge in [0.05, 0.1) is 24.6 Å². The second kappa shape index (κ2) is 3.61. The molecule has 1 amide bonds. The minimum absolute atomic E-state index is 0.0359. The van der Waals surface area contributed by atoms with Crippen LogP contribution < -0.4 is 0 Å². The Morgan fingerprint density at radius 1 is 1.16 bits per heavy atom. The Morgan fingerprint density at radius 3 is 2.79 bits per heavy atom. The van der Waals surface area contributed by atoms with E-state index in [4.69, 9.17) is 4.74 Å². The van der Waals surface area contributed by atoms with Gasteiger partial charge in [0.15, 0.2) is 5.72 Å². The molecule has 1 aromatic carbocycles. The maximum absolute atomic E-state index is 12.4. The van der Waals surface area contributed by atoms with Gasteiger partial charge in [0.2, 0.25) is 0 Å². The molecule has 0 spiro atoms. The molecular weight excluding hydrogens is 242 g/mol. The highest BCUT2D eigenvalue weighted by Crippen LogP contribution is 2.46. The van der Waals surface area contributed by atoms with E-state index in [0.717, 1.165) is 11.1 Å². The van der Waals surface area contributed by atoms with Gasteiger partial charge in [-0.2, -0.15) is 10.2 Å². The summed E-state index contributed by atoms with van der Waals surface area (Å²) < 4.78 is 5.98. The van der Waals surface area contributed by atoms with Crippen LogP contribution >= 0.6 is 0 Å². The minimum atomic E-state index is -0.816. The molecule has 1 atom stereocenters. The molecule has 1 aromatic heterocycles. The highest BCUT2D eigenvalue weighted by molar-refractivity contribution is 6.00. The summed E-state index contributed by atoms with van der Waals surface area (Å²) in [6, 6.07) is 9.78. The number of carbonyl (C=O) groups is 1. The summed E-state index contributed by atoms with van der Waals surface area (Å²) in [5, 5.41) is 7.72. The number of fused-ring (bicyclic) bond motifs is 3. The number of hydrogen-bond acceptors (Lipinski definition) is 4. The topological polar surface area (TPSA) is 55.3 Å². The van der Waals surface area contributed by atoms with Crippen LogP contribution in [0.15, 0.2) is 42.7 Å². The summed E-state index contributed by atoms with van der Waals surface area (Å²) in [6.07, 6.45) is 3.15. The zero-order chi connectivity index (χ0) is 12.9. The summed E-state index contributed by atoms with van der Waals surface area (Å²) in [7, 11) is 0. The van der Waals surface area contributed by atoms with Crippen LogP contribution in [0.5, 0.6) is 0 Å². The van der Waals surface area contributed by atoms with E-state index in [-0.39, 0.29) is 5.91 Å². The van der Waals surface area contributed by atoms with Gasteiger partial charge in [-0.3, -0.25) is 9.69 Å². The van der Waals surface area contributed by atoms with E-state index >= 15 is 0 Å². The van der Waals surface area contributed by atoms with Gasteiger partial charge in [-0.05, 0) is 0 Å². The molecule has 1 saturated heterocycles. The van der Waals surface area contributed by atoms with Gasteiger partial charge in [-0.1, -0.05) is 30.3 Å². The van der Waals surface area contributed by atoms with E-state index in [1.54, 1.807) is 11.1 Å². The van der Waals surface area contributed by atoms with Crippen molar-refractivity contribution in [3.05, 3.63) is 59.4 Å². The van der Waals surface area contributed by atoms with Crippen molar-refractivity contribution in [2.45, 2.75) is 5.72 Å². The molecule has 0 N–H and O–H groups in total. The Kier molecular flexibility index (Phi) is 2.02. The van der Waals surface area contributed by atoms with Crippen molar-refractivity contribution >= 4 is 5.91 Å². The Morgan fingerprint density at radius 2 is 1.95 bits per heavy atom. The Hall–Kier alpha value is -2.27. The van der Waals surface area contributed by atoms with Gasteiger partial charge in [-0.15, -0.1) is 0 Å². The minimum Gasteiger partial charge on any atom is -0.345 e. The number of carbonyl (C=O) groups excluding carboxylic acids is 1. The first-order valence-electron chi connectivity index (χ1n) is 6.16. The van der Waals surface area contributed by atoms with Crippen LogP contribution in [0.25, 0.3) is 0 Å². The zero-order valence-electron chi connectivity index (χ0n) is 10.1. The van der Waals surface area contributed by atoms with E-state index in [1.807, 2.05) is 30.3 Å². The highest BCUT2D eigenvalue weighted by atomic mass is 16.5. The quantitative estimate of drug-likeness (QED) is 0.765. The van der Waals surface area contributed by atoms with Gasteiger partial charge in [0.25, 0.3) is 5.91 Å². The number of rotatable bonds is 1. The third-order valence-electron chi connectivity index (χ3n) is 3.74. The van der Waals surface area contributed by atoms with Crippen molar-refractivity contribution in [3.63, 3.8) is 0 Å². The number of nitrogens with zero attached hydrogens (tertiary/aromatic N) is 3. The molecule has 0 unspecified atom stereocenters. The average molecular weight is 253 g/mol. The third-order valence-corrected chi connectivity index (χ3v) is 3.74. The van der Waals surface area contributed by atoms with E-state index in [0.29, 0.717) is 18.7 Å². The second-order valence-electron chi connectivity index (χ2n) is 4.63. The first-order valence-corrected chi connectivity index (χ1v) is 6.16. The lowest BCUT2D eigenvalue weighted by Gasteiger charge is -2.31. The molecule has 2 aromatic rings. The molecular formula is C14H11N3O2. The predicted octanol–water partition coefficient (Wildman–Crippen LogP) is 1.16. The molecule has 0 radical (unpaired) electrons. The number of amides is 1. The summed E-state index contributed by atoms with van der Waals surface area (Å²) >= 11 is 0. The first kappa shape index (κ1) is 10.6. The largest absolute Gasteiger partial charge is 0.345 e. The van der Waals surface area contributed by atoms with Crippen molar-refractivity contribution in [1.82, 2.24) is 15.1 Å². The number of hydrogen-bond donors (Lipinski definition) is 0. The lowest BCUT2D eigenvalue weighted by Crippen LogP contribution is -2.40. The summed E-state index contributed by atoms with van der Waals surface area (Å²) in [5.74, 6) is -0.0359. The van der Waals surface area contributed by atoms with Gasteiger partial charge in [0, 0.05) is 17.7 Å². The molecule has 0 aliphatic carbocycles. The normalized spacial score (nSPS) is 24.4. The second-order valence-corrected chi connectivity index (χ2v) is 4.63.